The summed E-state index contributed by atoms with van der Waals surface area (Å²) >= 11 is 1.34. The number of carbonyl (C=O) groups is 1. The third-order valence-electron chi connectivity index (χ3n) is 4.46. The first-order chi connectivity index (χ1) is 14.8. The molecule has 2 aromatic heterocycles. The predicted octanol–water partition coefficient (Wildman–Crippen LogP) is 4.23. The molecular formula is C22H18N4O3S2. The van der Waals surface area contributed by atoms with Crippen molar-refractivity contribution in [2.24, 2.45) is 0 Å². The molecule has 0 saturated heterocycles. The van der Waals surface area contributed by atoms with Crippen LogP contribution in [0.1, 0.15) is 15.4 Å². The molecule has 31 heavy (non-hydrogen) atoms. The topological polar surface area (TPSA) is 102 Å². The van der Waals surface area contributed by atoms with E-state index in [1.165, 1.54) is 17.4 Å². The van der Waals surface area contributed by atoms with Crippen molar-refractivity contribution >= 4 is 32.8 Å². The number of aromatic nitrogens is 3. The van der Waals surface area contributed by atoms with Crippen LogP contribution in [0.3, 0.4) is 0 Å². The third kappa shape index (κ3) is 4.68. The highest BCUT2D eigenvalue weighted by Crippen LogP contribution is 2.29. The van der Waals surface area contributed by atoms with Gasteiger partial charge in [-0.25, -0.2) is 13.4 Å². The van der Waals surface area contributed by atoms with Gasteiger partial charge in [-0.15, -0.1) is 21.5 Å². The normalized spacial score (nSPS) is 11.3. The summed E-state index contributed by atoms with van der Waals surface area (Å²) in [6.07, 6.45) is 1.08. The van der Waals surface area contributed by atoms with Crippen LogP contribution in [0.25, 0.3) is 21.8 Å². The zero-order valence-electron chi connectivity index (χ0n) is 16.7. The molecular weight excluding hydrogens is 432 g/mol. The van der Waals surface area contributed by atoms with E-state index in [1.54, 1.807) is 24.3 Å². The van der Waals surface area contributed by atoms with Gasteiger partial charge < -0.3 is 5.32 Å². The maximum Gasteiger partial charge on any atom is 0.267 e. The summed E-state index contributed by atoms with van der Waals surface area (Å²) < 4.78 is 23.1. The fourth-order valence-corrected chi connectivity index (χ4v) is 4.40. The number of amides is 1. The molecule has 2 aromatic carbocycles. The fraction of sp³-hybridized carbons (Fsp3) is 0.0909. The van der Waals surface area contributed by atoms with Crippen molar-refractivity contribution in [3.63, 3.8) is 0 Å². The molecule has 0 aliphatic heterocycles. The van der Waals surface area contributed by atoms with E-state index < -0.39 is 9.84 Å². The summed E-state index contributed by atoms with van der Waals surface area (Å²) in [7, 11) is -3.41. The van der Waals surface area contributed by atoms with E-state index in [4.69, 9.17) is 0 Å². The Morgan fingerprint density at radius 2 is 1.68 bits per heavy atom. The Balaban J connectivity index is 1.56. The summed E-state index contributed by atoms with van der Waals surface area (Å²) in [6.45, 7) is 1.81. The molecule has 0 unspecified atom stereocenters. The molecule has 1 N–H and O–H groups in total. The van der Waals surface area contributed by atoms with Crippen molar-refractivity contribution in [1.29, 1.82) is 0 Å². The number of thiazole rings is 1. The van der Waals surface area contributed by atoms with Crippen molar-refractivity contribution in [3.05, 3.63) is 77.3 Å². The molecule has 2 heterocycles. The number of nitrogens with one attached hydrogen (secondary N) is 1. The number of aryl methyl sites for hydroxylation is 1. The van der Waals surface area contributed by atoms with Gasteiger partial charge in [-0.05, 0) is 31.2 Å². The van der Waals surface area contributed by atoms with Gasteiger partial charge in [-0.2, -0.15) is 0 Å². The SMILES string of the molecule is Cc1nc(-c2ccccc2)sc1C(=O)Nc1cccc(-c2ccc(S(C)(=O)=O)nn2)c1. The Labute approximate surface area is 183 Å². The monoisotopic (exact) mass is 450 g/mol. The van der Waals surface area contributed by atoms with E-state index in [9.17, 15) is 13.2 Å². The van der Waals surface area contributed by atoms with Crippen LogP contribution in [0.2, 0.25) is 0 Å². The van der Waals surface area contributed by atoms with E-state index >= 15 is 0 Å². The van der Waals surface area contributed by atoms with Crippen molar-refractivity contribution in [3.8, 4) is 21.8 Å². The molecule has 1 amide bonds. The lowest BCUT2D eigenvalue weighted by molar-refractivity contribution is 0.103. The average Bonchev–Trinajstić information content (AvgIpc) is 3.16. The zero-order valence-corrected chi connectivity index (χ0v) is 18.4. The first-order valence-electron chi connectivity index (χ1n) is 9.30. The van der Waals surface area contributed by atoms with Crippen molar-refractivity contribution in [2.75, 3.05) is 11.6 Å². The molecule has 0 radical (unpaired) electrons. The molecule has 0 atom stereocenters. The second-order valence-corrected chi connectivity index (χ2v) is 9.83. The zero-order chi connectivity index (χ0) is 22.0. The summed E-state index contributed by atoms with van der Waals surface area (Å²) in [6, 6.07) is 19.8. The summed E-state index contributed by atoms with van der Waals surface area (Å²) in [5.41, 5.74) is 3.43. The Morgan fingerprint density at radius 1 is 0.935 bits per heavy atom. The smallest absolute Gasteiger partial charge is 0.267 e. The Hall–Kier alpha value is -3.43. The van der Waals surface area contributed by atoms with Crippen molar-refractivity contribution < 1.29 is 13.2 Å². The predicted molar refractivity (Wildman–Crippen MR) is 121 cm³/mol. The van der Waals surface area contributed by atoms with Gasteiger partial charge in [-0.1, -0.05) is 42.5 Å². The van der Waals surface area contributed by atoms with Gasteiger partial charge in [0.15, 0.2) is 14.9 Å². The van der Waals surface area contributed by atoms with Gasteiger partial charge in [0.05, 0.1) is 11.4 Å². The van der Waals surface area contributed by atoms with E-state index in [0.717, 1.165) is 16.8 Å². The van der Waals surface area contributed by atoms with Gasteiger partial charge in [0.25, 0.3) is 5.91 Å². The first kappa shape index (κ1) is 20.8. The van der Waals surface area contributed by atoms with Crippen LogP contribution in [-0.2, 0) is 9.84 Å². The number of sulfone groups is 1. The minimum absolute atomic E-state index is 0.0874. The number of hydrogen-bond acceptors (Lipinski definition) is 7. The van der Waals surface area contributed by atoms with Crippen LogP contribution >= 0.6 is 11.3 Å². The number of benzene rings is 2. The lowest BCUT2D eigenvalue weighted by Gasteiger charge is -2.07. The van der Waals surface area contributed by atoms with Gasteiger partial charge in [0, 0.05) is 23.1 Å². The second-order valence-electron chi connectivity index (χ2n) is 6.86. The van der Waals surface area contributed by atoms with Gasteiger partial charge in [0.1, 0.15) is 9.88 Å². The average molecular weight is 451 g/mol. The van der Waals surface area contributed by atoms with Crippen LogP contribution in [0, 0.1) is 6.92 Å². The van der Waals surface area contributed by atoms with Crippen LogP contribution < -0.4 is 5.32 Å². The summed E-state index contributed by atoms with van der Waals surface area (Å²) in [4.78, 5) is 17.9. The Kier molecular flexibility index (Phi) is 5.62. The van der Waals surface area contributed by atoms with Crippen molar-refractivity contribution in [1.82, 2.24) is 15.2 Å². The minimum atomic E-state index is -3.41. The number of anilines is 1. The number of rotatable bonds is 5. The van der Waals surface area contributed by atoms with Gasteiger partial charge >= 0.3 is 0 Å². The van der Waals surface area contributed by atoms with E-state index in [0.29, 0.717) is 27.5 Å². The molecule has 0 bridgehead atoms. The number of hydrogen-bond donors (Lipinski definition) is 1. The van der Waals surface area contributed by atoms with E-state index in [2.05, 4.69) is 20.5 Å². The van der Waals surface area contributed by atoms with Gasteiger partial charge in [-0.3, -0.25) is 4.79 Å². The van der Waals surface area contributed by atoms with Crippen LogP contribution in [-0.4, -0.2) is 35.8 Å². The largest absolute Gasteiger partial charge is 0.321 e. The summed E-state index contributed by atoms with van der Waals surface area (Å²) in [5, 5.41) is 11.4. The molecule has 4 aromatic rings. The highest BCUT2D eigenvalue weighted by molar-refractivity contribution is 7.90. The molecule has 7 nitrogen and oxygen atoms in total. The highest BCUT2D eigenvalue weighted by Gasteiger charge is 2.17. The molecule has 0 aliphatic carbocycles. The molecule has 0 aliphatic rings. The molecule has 0 fully saturated rings. The molecule has 156 valence electrons. The lowest BCUT2D eigenvalue weighted by Crippen LogP contribution is -2.11. The van der Waals surface area contributed by atoms with Crippen LogP contribution in [0.5, 0.6) is 0 Å². The first-order valence-corrected chi connectivity index (χ1v) is 12.0. The van der Waals surface area contributed by atoms with Crippen LogP contribution in [0.15, 0.2) is 71.8 Å². The number of carbonyl (C=O) groups excluding carboxylic acids is 1. The highest BCUT2D eigenvalue weighted by atomic mass is 32.2. The van der Waals surface area contributed by atoms with Crippen molar-refractivity contribution in [2.45, 2.75) is 11.9 Å². The van der Waals surface area contributed by atoms with E-state index in [1.807, 2.05) is 43.3 Å². The van der Waals surface area contributed by atoms with Gasteiger partial charge in [0.2, 0.25) is 0 Å². The second kappa shape index (κ2) is 8.37. The molecule has 4 rings (SSSR count). The van der Waals surface area contributed by atoms with Crippen LogP contribution in [0.4, 0.5) is 5.69 Å². The number of nitrogens with zero attached hydrogens (tertiary/aromatic N) is 3. The fourth-order valence-electron chi connectivity index (χ4n) is 2.93. The maximum atomic E-state index is 12.8. The molecule has 0 spiro atoms. The lowest BCUT2D eigenvalue weighted by atomic mass is 10.1. The third-order valence-corrected chi connectivity index (χ3v) is 6.64. The Morgan fingerprint density at radius 3 is 2.35 bits per heavy atom. The Bertz CT molecular complexity index is 1350. The summed E-state index contributed by atoms with van der Waals surface area (Å²) in [5.74, 6) is -0.243. The minimum Gasteiger partial charge on any atom is -0.321 e. The molecule has 9 heteroatoms. The van der Waals surface area contributed by atoms with E-state index in [-0.39, 0.29) is 10.9 Å². The quantitative estimate of drug-likeness (QED) is 0.488. The standard InChI is InChI=1S/C22H18N4O3S2/c1-14-20(30-22(23-14)15-7-4-3-5-8-15)21(27)24-17-10-6-9-16(13-17)18-11-12-19(26-25-18)31(2,28)29/h3-13H,1-2H3,(H,24,27). The molecule has 0 saturated carbocycles. The maximum absolute atomic E-state index is 12.8.